The monoisotopic (exact) mass is 295 g/mol. The summed E-state index contributed by atoms with van der Waals surface area (Å²) in [4.78, 5) is 13.0. The first-order valence-corrected chi connectivity index (χ1v) is 6.80. The fraction of sp³-hybridized carbons (Fsp3) is 0.500. The molecule has 2 heterocycles. The Morgan fingerprint density at radius 2 is 1.95 bits per heavy atom. The van der Waals surface area contributed by atoms with Crippen molar-refractivity contribution in [2.45, 2.75) is 5.54 Å². The standard InChI is InChI=1S/C14H18N2O5/c1-18-12-4-2-11(3-5-12)15-13(17)21-8-14-6-19-9-16(14)10-20-7-14/h2-5H,6-10H2,1H3,(H,15,17)/p+1. The summed E-state index contributed by atoms with van der Waals surface area (Å²) >= 11 is 0. The molecule has 114 valence electrons. The lowest BCUT2D eigenvalue weighted by molar-refractivity contribution is -0.939. The molecule has 0 radical (unpaired) electrons. The maximum atomic E-state index is 11.9. The summed E-state index contributed by atoms with van der Waals surface area (Å²) in [5.41, 5.74) is 0.407. The zero-order chi connectivity index (χ0) is 14.7. The van der Waals surface area contributed by atoms with Gasteiger partial charge in [0.05, 0.1) is 7.11 Å². The quantitative estimate of drug-likeness (QED) is 0.808. The van der Waals surface area contributed by atoms with E-state index in [9.17, 15) is 4.79 Å². The van der Waals surface area contributed by atoms with E-state index >= 15 is 0 Å². The number of amides is 1. The summed E-state index contributed by atoms with van der Waals surface area (Å²) in [6.45, 7) is 2.59. The summed E-state index contributed by atoms with van der Waals surface area (Å²) in [6, 6.07) is 7.06. The lowest BCUT2D eigenvalue weighted by atomic mass is 10.0. The average Bonchev–Trinajstić information content (AvgIpc) is 3.06. The Kier molecular flexibility index (Phi) is 3.96. The fourth-order valence-electron chi connectivity index (χ4n) is 2.55. The van der Waals surface area contributed by atoms with E-state index in [4.69, 9.17) is 18.9 Å². The minimum Gasteiger partial charge on any atom is -0.497 e. The number of hydrogen-bond acceptors (Lipinski definition) is 5. The molecule has 21 heavy (non-hydrogen) atoms. The van der Waals surface area contributed by atoms with E-state index in [1.807, 2.05) is 0 Å². The Morgan fingerprint density at radius 1 is 1.29 bits per heavy atom. The molecule has 0 bridgehead atoms. The highest BCUT2D eigenvalue weighted by Gasteiger charge is 2.52. The molecule has 0 unspecified atom stereocenters. The van der Waals surface area contributed by atoms with Gasteiger partial charge in [0.2, 0.25) is 0 Å². The third-order valence-corrected chi connectivity index (χ3v) is 3.88. The molecule has 0 atom stereocenters. The van der Waals surface area contributed by atoms with Gasteiger partial charge in [-0.05, 0) is 24.3 Å². The van der Waals surface area contributed by atoms with Crippen LogP contribution in [0, 0.1) is 0 Å². The Morgan fingerprint density at radius 3 is 2.57 bits per heavy atom. The van der Waals surface area contributed by atoms with Crippen molar-refractivity contribution >= 4 is 11.8 Å². The van der Waals surface area contributed by atoms with Gasteiger partial charge in [0, 0.05) is 5.69 Å². The van der Waals surface area contributed by atoms with E-state index < -0.39 is 6.09 Å². The minimum atomic E-state index is -0.479. The van der Waals surface area contributed by atoms with Crippen molar-refractivity contribution in [3.05, 3.63) is 24.3 Å². The average molecular weight is 295 g/mol. The second-order valence-electron chi connectivity index (χ2n) is 5.30. The number of hydrogen-bond donors (Lipinski definition) is 2. The van der Waals surface area contributed by atoms with Crippen LogP contribution in [0.1, 0.15) is 0 Å². The van der Waals surface area contributed by atoms with Crippen LogP contribution in [0.2, 0.25) is 0 Å². The maximum Gasteiger partial charge on any atom is 0.411 e. The number of methoxy groups -OCH3 is 1. The van der Waals surface area contributed by atoms with Crippen molar-refractivity contribution in [3.63, 3.8) is 0 Å². The summed E-state index contributed by atoms with van der Waals surface area (Å²) in [7, 11) is 1.59. The molecule has 1 amide bonds. The van der Waals surface area contributed by atoms with E-state index in [0.29, 0.717) is 32.4 Å². The molecule has 7 nitrogen and oxygen atoms in total. The highest BCUT2D eigenvalue weighted by molar-refractivity contribution is 5.84. The van der Waals surface area contributed by atoms with Gasteiger partial charge in [0.25, 0.3) is 0 Å². The minimum absolute atomic E-state index is 0.253. The second-order valence-corrected chi connectivity index (χ2v) is 5.30. The predicted molar refractivity (Wildman–Crippen MR) is 73.3 cm³/mol. The van der Waals surface area contributed by atoms with E-state index in [-0.39, 0.29) is 12.1 Å². The van der Waals surface area contributed by atoms with Gasteiger partial charge in [0.15, 0.2) is 25.6 Å². The van der Waals surface area contributed by atoms with Crippen LogP contribution in [-0.4, -0.2) is 52.0 Å². The lowest BCUT2D eigenvalue weighted by Gasteiger charge is -2.23. The number of ether oxygens (including phenoxy) is 4. The van der Waals surface area contributed by atoms with Gasteiger partial charge >= 0.3 is 6.09 Å². The number of carbonyl (C=O) groups is 1. The fourth-order valence-corrected chi connectivity index (χ4v) is 2.55. The van der Waals surface area contributed by atoms with Gasteiger partial charge in [-0.3, -0.25) is 10.2 Å². The van der Waals surface area contributed by atoms with Crippen LogP contribution < -0.4 is 15.0 Å². The maximum absolute atomic E-state index is 11.9. The molecular formula is C14H19N2O5+. The first-order valence-electron chi connectivity index (χ1n) is 6.80. The number of fused-ring (bicyclic) bond motifs is 1. The van der Waals surface area contributed by atoms with Crippen molar-refractivity contribution in [3.8, 4) is 5.75 Å². The smallest absolute Gasteiger partial charge is 0.411 e. The van der Waals surface area contributed by atoms with Crippen LogP contribution in [0.15, 0.2) is 24.3 Å². The normalized spacial score (nSPS) is 27.2. The SMILES string of the molecule is COc1ccc(NC(=O)OCC23COC[NH+]2COC3)cc1. The number of quaternary nitrogens is 1. The third-order valence-electron chi connectivity index (χ3n) is 3.88. The third kappa shape index (κ3) is 2.94. The number of nitrogens with one attached hydrogen (secondary N) is 2. The summed E-state index contributed by atoms with van der Waals surface area (Å²) in [5.74, 6) is 0.734. The van der Waals surface area contributed by atoms with Crippen molar-refractivity contribution in [2.24, 2.45) is 0 Å². The first-order chi connectivity index (χ1) is 10.2. The molecule has 7 heteroatoms. The number of rotatable bonds is 4. The zero-order valence-corrected chi connectivity index (χ0v) is 11.9. The molecular weight excluding hydrogens is 276 g/mol. The van der Waals surface area contributed by atoms with Crippen LogP contribution in [-0.2, 0) is 14.2 Å². The highest BCUT2D eigenvalue weighted by atomic mass is 16.6. The van der Waals surface area contributed by atoms with Gasteiger partial charge in [-0.15, -0.1) is 0 Å². The summed E-state index contributed by atoms with van der Waals surface area (Å²) in [5, 5.41) is 2.69. The van der Waals surface area contributed by atoms with E-state index in [1.165, 1.54) is 4.90 Å². The molecule has 3 rings (SSSR count). The van der Waals surface area contributed by atoms with Crippen molar-refractivity contribution in [2.75, 3.05) is 45.7 Å². The van der Waals surface area contributed by atoms with Crippen molar-refractivity contribution < 1.29 is 28.6 Å². The molecule has 1 aromatic carbocycles. The van der Waals surface area contributed by atoms with Crippen LogP contribution in [0.4, 0.5) is 10.5 Å². The molecule has 1 aromatic rings. The second kappa shape index (κ2) is 5.88. The van der Waals surface area contributed by atoms with Crippen LogP contribution in [0.3, 0.4) is 0 Å². The molecule has 2 fully saturated rings. The molecule has 0 saturated carbocycles. The van der Waals surface area contributed by atoms with E-state index in [2.05, 4.69) is 5.32 Å². The topological polar surface area (TPSA) is 70.5 Å². The first kappa shape index (κ1) is 14.1. The van der Waals surface area contributed by atoms with Gasteiger partial charge < -0.3 is 18.9 Å². The highest BCUT2D eigenvalue weighted by Crippen LogP contribution is 2.16. The van der Waals surface area contributed by atoms with Gasteiger partial charge in [0.1, 0.15) is 19.0 Å². The van der Waals surface area contributed by atoms with Crippen LogP contribution in [0.25, 0.3) is 0 Å². The van der Waals surface area contributed by atoms with Gasteiger partial charge in [-0.2, -0.15) is 0 Å². The molecule has 2 N–H and O–H groups in total. The van der Waals surface area contributed by atoms with Crippen molar-refractivity contribution in [1.29, 1.82) is 0 Å². The van der Waals surface area contributed by atoms with Crippen LogP contribution in [0.5, 0.6) is 5.75 Å². The Bertz CT molecular complexity index is 495. The largest absolute Gasteiger partial charge is 0.497 e. The number of benzene rings is 1. The molecule has 0 aliphatic carbocycles. The Hall–Kier alpha value is -1.83. The van der Waals surface area contributed by atoms with Crippen LogP contribution >= 0.6 is 0 Å². The number of anilines is 1. The zero-order valence-electron chi connectivity index (χ0n) is 11.9. The summed E-state index contributed by atoms with van der Waals surface area (Å²) in [6.07, 6.45) is -0.479. The molecule has 2 saturated heterocycles. The van der Waals surface area contributed by atoms with E-state index in [0.717, 1.165) is 5.75 Å². The lowest BCUT2D eigenvalue weighted by Crippen LogP contribution is -3.17. The molecule has 2 aliphatic rings. The molecule has 0 spiro atoms. The predicted octanol–water partition coefficient (Wildman–Crippen LogP) is -0.157. The van der Waals surface area contributed by atoms with Gasteiger partial charge in [-0.25, -0.2) is 4.79 Å². The molecule has 0 aromatic heterocycles. The van der Waals surface area contributed by atoms with Gasteiger partial charge in [-0.1, -0.05) is 0 Å². The van der Waals surface area contributed by atoms with E-state index in [1.54, 1.807) is 31.4 Å². The number of carbonyl (C=O) groups excluding carboxylic acids is 1. The Labute approximate surface area is 122 Å². The summed E-state index contributed by atoms with van der Waals surface area (Å²) < 4.78 is 21.3. The molecule has 2 aliphatic heterocycles. The van der Waals surface area contributed by atoms with Crippen molar-refractivity contribution in [1.82, 2.24) is 0 Å². The Balaban J connectivity index is 1.52.